The number of nitrogens with zero attached hydrogens (tertiary/aromatic N) is 4. The van der Waals surface area contributed by atoms with Crippen LogP contribution in [0.5, 0.6) is 0 Å². The first-order valence-corrected chi connectivity index (χ1v) is 9.15. The second kappa shape index (κ2) is 7.53. The van der Waals surface area contributed by atoms with Crippen molar-refractivity contribution in [3.63, 3.8) is 0 Å². The molecule has 0 aliphatic rings. The molecule has 160 valence electrons. The maximum Gasteiger partial charge on any atom is 0.411 e. The van der Waals surface area contributed by atoms with Crippen molar-refractivity contribution in [2.45, 2.75) is 33.0 Å². The first-order chi connectivity index (χ1) is 16.7. The van der Waals surface area contributed by atoms with Gasteiger partial charge in [0.25, 0.3) is 0 Å². The van der Waals surface area contributed by atoms with E-state index in [1.54, 1.807) is 26.0 Å². The molecule has 1 aromatic carbocycles. The van der Waals surface area contributed by atoms with Crippen molar-refractivity contribution in [2.75, 3.05) is 5.73 Å². The second-order valence-corrected chi connectivity index (χ2v) is 6.93. The molecule has 7 nitrogen and oxygen atoms in total. The SMILES string of the molecule is [2H]c1c([2H])c([2H])c(-c2[nH+]c(N)n3c(=O)n(CCC(F)(F)F)nc3c2-c2cc(C)nc(C)c2)c([2H])c1[2H]. The van der Waals surface area contributed by atoms with E-state index in [4.69, 9.17) is 12.6 Å². The number of H-pyrrole nitrogens is 1. The predicted molar refractivity (Wildman–Crippen MR) is 109 cm³/mol. The van der Waals surface area contributed by atoms with Gasteiger partial charge in [-0.25, -0.2) is 9.78 Å². The van der Waals surface area contributed by atoms with Crippen molar-refractivity contribution in [2.24, 2.45) is 0 Å². The van der Waals surface area contributed by atoms with E-state index in [-0.39, 0.29) is 28.4 Å². The number of hydrogen-bond acceptors (Lipinski definition) is 4. The van der Waals surface area contributed by atoms with Gasteiger partial charge >= 0.3 is 17.8 Å². The number of nitrogens with two attached hydrogens (primary N) is 1. The molecule has 0 spiro atoms. The Hall–Kier alpha value is -3.69. The Morgan fingerprint density at radius 1 is 1.13 bits per heavy atom. The number of alkyl halides is 3. The molecule has 3 heterocycles. The van der Waals surface area contributed by atoms with E-state index in [1.807, 2.05) is 0 Å². The van der Waals surface area contributed by atoms with E-state index < -0.39 is 55.0 Å². The summed E-state index contributed by atoms with van der Waals surface area (Å²) < 4.78 is 80.9. The standard InChI is InChI=1S/C21H19F3N6O/c1-12-10-15(11-13(2)26-12)16-17(14-6-4-3-5-7-14)27-19(25)30-18(16)28-29(20(30)31)9-8-21(22,23)24/h3-7,10-11H,8-9H2,1-2H3,(H2,25,27)/p+1/i3D,4D,5D,6D,7D. The summed E-state index contributed by atoms with van der Waals surface area (Å²) in [6, 6.07) is 0.354. The van der Waals surface area contributed by atoms with Gasteiger partial charge in [0.2, 0.25) is 5.65 Å². The number of aryl methyl sites for hydroxylation is 3. The molecule has 0 atom stereocenters. The fraction of sp³-hybridized carbons (Fsp3) is 0.238. The molecule has 0 saturated carbocycles. The van der Waals surface area contributed by atoms with Crippen LogP contribution in [0.15, 0.2) is 47.1 Å². The number of nitrogens with one attached hydrogen (secondary N) is 1. The summed E-state index contributed by atoms with van der Waals surface area (Å²) in [7, 11) is 0. The number of hydrogen-bond donors (Lipinski definition) is 1. The van der Waals surface area contributed by atoms with Crippen LogP contribution in [-0.4, -0.2) is 25.3 Å². The Kier molecular flexibility index (Phi) is 3.68. The summed E-state index contributed by atoms with van der Waals surface area (Å²) in [6.07, 6.45) is -5.84. The van der Waals surface area contributed by atoms with Crippen molar-refractivity contribution in [1.29, 1.82) is 0 Å². The minimum Gasteiger partial charge on any atom is -0.290 e. The molecule has 0 amide bonds. The molecular weight excluding hydrogens is 409 g/mol. The van der Waals surface area contributed by atoms with Gasteiger partial charge in [-0.05, 0) is 31.5 Å². The summed E-state index contributed by atoms with van der Waals surface area (Å²) >= 11 is 0. The lowest BCUT2D eigenvalue weighted by atomic mass is 9.99. The maximum absolute atomic E-state index is 12.9. The number of rotatable bonds is 4. The van der Waals surface area contributed by atoms with E-state index >= 15 is 0 Å². The largest absolute Gasteiger partial charge is 0.411 e. The minimum absolute atomic E-state index is 0.0463. The number of fused-ring (bicyclic) bond motifs is 1. The van der Waals surface area contributed by atoms with Gasteiger partial charge < -0.3 is 0 Å². The zero-order valence-electron chi connectivity index (χ0n) is 21.5. The normalized spacial score (nSPS) is 14.2. The van der Waals surface area contributed by atoms with Gasteiger partial charge in [0, 0.05) is 17.0 Å². The highest BCUT2D eigenvalue weighted by atomic mass is 19.4. The zero-order chi connectivity index (χ0) is 26.7. The van der Waals surface area contributed by atoms with Crippen molar-refractivity contribution in [1.82, 2.24) is 19.2 Å². The van der Waals surface area contributed by atoms with E-state index in [0.717, 1.165) is 4.40 Å². The zero-order valence-corrected chi connectivity index (χ0v) is 16.5. The van der Waals surface area contributed by atoms with Gasteiger partial charge in [-0.1, -0.05) is 30.2 Å². The first-order valence-electron chi connectivity index (χ1n) is 11.6. The third-order valence-electron chi connectivity index (χ3n) is 4.53. The highest BCUT2D eigenvalue weighted by molar-refractivity contribution is 5.88. The number of aromatic amines is 1. The molecule has 4 rings (SSSR count). The van der Waals surface area contributed by atoms with Gasteiger partial charge in [-0.2, -0.15) is 17.9 Å². The second-order valence-electron chi connectivity index (χ2n) is 6.93. The van der Waals surface area contributed by atoms with Crippen LogP contribution in [0.25, 0.3) is 28.0 Å². The Labute approximate surface area is 182 Å². The van der Waals surface area contributed by atoms with Crippen molar-refractivity contribution >= 4 is 11.6 Å². The van der Waals surface area contributed by atoms with Gasteiger partial charge in [-0.3, -0.25) is 10.7 Å². The van der Waals surface area contributed by atoms with Gasteiger partial charge in [0.1, 0.15) is 5.69 Å². The monoisotopic (exact) mass is 434 g/mol. The Morgan fingerprint density at radius 3 is 2.39 bits per heavy atom. The third kappa shape index (κ3) is 4.00. The Bertz CT molecular complexity index is 1550. The van der Waals surface area contributed by atoms with E-state index in [9.17, 15) is 18.0 Å². The van der Waals surface area contributed by atoms with Gasteiger partial charge in [0.15, 0.2) is 0 Å². The highest BCUT2D eigenvalue weighted by Crippen LogP contribution is 2.33. The molecule has 0 aliphatic heterocycles. The number of aromatic nitrogens is 5. The number of pyridine rings is 1. The van der Waals surface area contributed by atoms with E-state index in [2.05, 4.69) is 15.1 Å². The lowest BCUT2D eigenvalue weighted by Crippen LogP contribution is -2.28. The quantitative estimate of drug-likeness (QED) is 0.534. The summed E-state index contributed by atoms with van der Waals surface area (Å²) in [4.78, 5) is 20.0. The molecule has 4 aromatic rings. The van der Waals surface area contributed by atoms with Crippen LogP contribution in [0.1, 0.15) is 24.7 Å². The van der Waals surface area contributed by atoms with Crippen LogP contribution in [0, 0.1) is 13.8 Å². The molecule has 31 heavy (non-hydrogen) atoms. The Balaban J connectivity index is 2.16. The van der Waals surface area contributed by atoms with Gasteiger partial charge in [-0.15, -0.1) is 9.50 Å². The number of benzene rings is 1. The van der Waals surface area contributed by atoms with Crippen LogP contribution in [0.3, 0.4) is 0 Å². The summed E-state index contributed by atoms with van der Waals surface area (Å²) in [6.45, 7) is 2.64. The molecule has 0 radical (unpaired) electrons. The van der Waals surface area contributed by atoms with E-state index in [1.165, 1.54) is 0 Å². The fourth-order valence-corrected chi connectivity index (χ4v) is 3.34. The highest BCUT2D eigenvalue weighted by Gasteiger charge is 2.30. The third-order valence-corrected chi connectivity index (χ3v) is 4.53. The molecule has 3 aromatic heterocycles. The number of nitrogen functional groups attached to an aromatic ring is 1. The molecular formula is C21H20F3N6O+. The maximum atomic E-state index is 12.9. The Morgan fingerprint density at radius 2 is 1.77 bits per heavy atom. The first kappa shape index (κ1) is 15.2. The predicted octanol–water partition coefficient (Wildman–Crippen LogP) is 3.19. The van der Waals surface area contributed by atoms with Crippen LogP contribution in [0.4, 0.5) is 19.1 Å². The molecule has 0 saturated heterocycles. The summed E-state index contributed by atoms with van der Waals surface area (Å²) in [5.41, 5.74) is 6.33. The van der Waals surface area contributed by atoms with Crippen molar-refractivity contribution in [3.05, 3.63) is 64.2 Å². The molecule has 0 unspecified atom stereocenters. The molecule has 0 bridgehead atoms. The molecule has 3 N–H and O–H groups in total. The lowest BCUT2D eigenvalue weighted by Gasteiger charge is -2.10. The number of halogens is 3. The van der Waals surface area contributed by atoms with Crippen molar-refractivity contribution < 1.29 is 25.0 Å². The average Bonchev–Trinajstić information content (AvgIpc) is 3.10. The van der Waals surface area contributed by atoms with Crippen molar-refractivity contribution in [3.8, 4) is 22.4 Å². The molecule has 0 aliphatic carbocycles. The average molecular weight is 434 g/mol. The van der Waals surface area contributed by atoms with Crippen LogP contribution in [0.2, 0.25) is 0 Å². The minimum atomic E-state index is -4.53. The van der Waals surface area contributed by atoms with Crippen LogP contribution < -0.4 is 16.4 Å². The molecule has 10 heteroatoms. The lowest BCUT2D eigenvalue weighted by molar-refractivity contribution is -0.351. The summed E-state index contributed by atoms with van der Waals surface area (Å²) in [5.74, 6) is -0.346. The summed E-state index contributed by atoms with van der Waals surface area (Å²) in [5, 5.41) is 4.11. The topological polar surface area (TPSA) is 92.3 Å². The smallest absolute Gasteiger partial charge is 0.290 e. The van der Waals surface area contributed by atoms with Gasteiger partial charge in [0.05, 0.1) is 25.4 Å². The van der Waals surface area contributed by atoms with Crippen LogP contribution >= 0.6 is 0 Å². The van der Waals surface area contributed by atoms with E-state index in [0.29, 0.717) is 21.6 Å². The fourth-order valence-electron chi connectivity index (χ4n) is 3.34. The molecule has 0 fully saturated rings. The van der Waals surface area contributed by atoms with Crippen LogP contribution in [-0.2, 0) is 6.54 Å². The number of anilines is 1.